The van der Waals surface area contributed by atoms with Gasteiger partial charge in [0, 0.05) is 6.07 Å². The van der Waals surface area contributed by atoms with Gasteiger partial charge in [-0.15, -0.1) is 0 Å². The van der Waals surface area contributed by atoms with Crippen LogP contribution in [-0.4, -0.2) is 16.2 Å². The molecule has 6 heteroatoms. The predicted molar refractivity (Wildman–Crippen MR) is 44.4 cm³/mol. The molecule has 4 nitrogen and oxygen atoms in total. The standard InChI is InChI=1S/C7H5ClFNO3/c8-5-3(10)1-2(9)6(11)4(5)7(12)13/h1,11H,10H2,(H,12,13). The average Bonchev–Trinajstić information content (AvgIpc) is 2.01. The highest BCUT2D eigenvalue weighted by Crippen LogP contribution is 2.33. The van der Waals surface area contributed by atoms with Crippen LogP contribution >= 0.6 is 11.6 Å². The van der Waals surface area contributed by atoms with Crippen molar-refractivity contribution in [3.8, 4) is 5.75 Å². The number of hydrogen-bond acceptors (Lipinski definition) is 3. The van der Waals surface area contributed by atoms with Crippen LogP contribution in [0.3, 0.4) is 0 Å². The number of phenols is 1. The zero-order chi connectivity index (χ0) is 10.2. The van der Waals surface area contributed by atoms with E-state index in [2.05, 4.69) is 0 Å². The lowest BCUT2D eigenvalue weighted by atomic mass is 10.1. The monoisotopic (exact) mass is 205 g/mol. The number of nitrogen functional groups attached to an aromatic ring is 1. The van der Waals surface area contributed by atoms with Gasteiger partial charge >= 0.3 is 5.97 Å². The van der Waals surface area contributed by atoms with Gasteiger partial charge in [0.05, 0.1) is 10.7 Å². The molecule has 0 aliphatic heterocycles. The van der Waals surface area contributed by atoms with Crippen molar-refractivity contribution in [3.05, 3.63) is 22.5 Å². The van der Waals surface area contributed by atoms with E-state index in [1.54, 1.807) is 0 Å². The molecule has 0 aliphatic carbocycles. The summed E-state index contributed by atoms with van der Waals surface area (Å²) in [5, 5.41) is 17.1. The summed E-state index contributed by atoms with van der Waals surface area (Å²) in [6, 6.07) is 0.754. The molecule has 0 radical (unpaired) electrons. The summed E-state index contributed by atoms with van der Waals surface area (Å²) in [5.41, 5.74) is 4.23. The molecule has 0 saturated heterocycles. The Bertz CT molecular complexity index is 354. The molecule has 0 fully saturated rings. The van der Waals surface area contributed by atoms with Crippen molar-refractivity contribution in [2.75, 3.05) is 5.73 Å². The lowest BCUT2D eigenvalue weighted by Gasteiger charge is -2.05. The van der Waals surface area contributed by atoms with Gasteiger partial charge < -0.3 is 15.9 Å². The second kappa shape index (κ2) is 3.10. The molecule has 1 aromatic rings. The first-order chi connectivity index (χ1) is 5.95. The average molecular weight is 206 g/mol. The van der Waals surface area contributed by atoms with Gasteiger partial charge in [0.1, 0.15) is 5.56 Å². The third-order valence-corrected chi connectivity index (χ3v) is 1.84. The van der Waals surface area contributed by atoms with E-state index < -0.39 is 23.1 Å². The minimum Gasteiger partial charge on any atom is -0.504 e. The number of anilines is 1. The molecule has 0 aliphatic rings. The molecule has 13 heavy (non-hydrogen) atoms. The predicted octanol–water partition coefficient (Wildman–Crippen LogP) is 1.47. The maximum Gasteiger partial charge on any atom is 0.341 e. The zero-order valence-corrected chi connectivity index (χ0v) is 6.97. The number of aromatic hydroxyl groups is 1. The Morgan fingerprint density at radius 2 is 2.15 bits per heavy atom. The molecule has 1 aromatic carbocycles. The molecule has 0 aromatic heterocycles. The van der Waals surface area contributed by atoms with Crippen LogP contribution in [0.15, 0.2) is 6.07 Å². The smallest absolute Gasteiger partial charge is 0.341 e. The van der Waals surface area contributed by atoms with Gasteiger partial charge in [0.25, 0.3) is 0 Å². The summed E-state index contributed by atoms with van der Waals surface area (Å²) >= 11 is 5.43. The summed E-state index contributed by atoms with van der Waals surface area (Å²) in [4.78, 5) is 10.5. The second-order valence-corrected chi connectivity index (χ2v) is 2.67. The molecule has 0 saturated carbocycles. The van der Waals surface area contributed by atoms with Gasteiger partial charge in [-0.1, -0.05) is 11.6 Å². The Labute approximate surface area is 77.4 Å². The minimum absolute atomic E-state index is 0.227. The molecule has 0 heterocycles. The van der Waals surface area contributed by atoms with E-state index in [9.17, 15) is 9.18 Å². The number of aromatic carboxylic acids is 1. The third kappa shape index (κ3) is 1.50. The van der Waals surface area contributed by atoms with Crippen molar-refractivity contribution in [1.82, 2.24) is 0 Å². The first-order valence-corrected chi connectivity index (χ1v) is 3.52. The molecule has 0 unspecified atom stereocenters. The summed E-state index contributed by atoms with van der Waals surface area (Å²) in [5.74, 6) is -3.65. The number of carboxylic acids is 1. The van der Waals surface area contributed by atoms with Crippen molar-refractivity contribution in [1.29, 1.82) is 0 Å². The first kappa shape index (κ1) is 9.60. The molecular formula is C7H5ClFNO3. The van der Waals surface area contributed by atoms with Gasteiger partial charge in [0.2, 0.25) is 0 Å². The van der Waals surface area contributed by atoms with Crippen LogP contribution < -0.4 is 5.73 Å². The van der Waals surface area contributed by atoms with Crippen LogP contribution in [0, 0.1) is 5.82 Å². The fourth-order valence-corrected chi connectivity index (χ4v) is 1.06. The topological polar surface area (TPSA) is 83.5 Å². The fourth-order valence-electron chi connectivity index (χ4n) is 0.831. The van der Waals surface area contributed by atoms with E-state index in [1.807, 2.05) is 0 Å². The Balaban J connectivity index is 3.56. The largest absolute Gasteiger partial charge is 0.504 e. The Morgan fingerprint density at radius 1 is 1.62 bits per heavy atom. The summed E-state index contributed by atoms with van der Waals surface area (Å²) < 4.78 is 12.7. The normalized spacial score (nSPS) is 10.0. The summed E-state index contributed by atoms with van der Waals surface area (Å²) in [6.45, 7) is 0. The number of nitrogens with two attached hydrogens (primary N) is 1. The van der Waals surface area contributed by atoms with Crippen LogP contribution in [0.25, 0.3) is 0 Å². The van der Waals surface area contributed by atoms with Gasteiger partial charge in [-0.2, -0.15) is 0 Å². The second-order valence-electron chi connectivity index (χ2n) is 2.29. The van der Waals surface area contributed by atoms with Crippen LogP contribution in [0.2, 0.25) is 5.02 Å². The molecular weight excluding hydrogens is 201 g/mol. The molecule has 1 rings (SSSR count). The van der Waals surface area contributed by atoms with Crippen LogP contribution in [-0.2, 0) is 0 Å². The van der Waals surface area contributed by atoms with E-state index in [-0.39, 0.29) is 10.7 Å². The van der Waals surface area contributed by atoms with Gasteiger partial charge in [0.15, 0.2) is 11.6 Å². The van der Waals surface area contributed by atoms with E-state index in [4.69, 9.17) is 27.5 Å². The maximum absolute atomic E-state index is 12.7. The van der Waals surface area contributed by atoms with E-state index >= 15 is 0 Å². The fraction of sp³-hybridized carbons (Fsp3) is 0. The Hall–Kier alpha value is -1.49. The van der Waals surface area contributed by atoms with Crippen molar-refractivity contribution < 1.29 is 19.4 Å². The number of rotatable bonds is 1. The highest BCUT2D eigenvalue weighted by molar-refractivity contribution is 6.36. The highest BCUT2D eigenvalue weighted by Gasteiger charge is 2.20. The Kier molecular flexibility index (Phi) is 2.29. The lowest BCUT2D eigenvalue weighted by Crippen LogP contribution is -2.02. The third-order valence-electron chi connectivity index (χ3n) is 1.43. The molecule has 0 bridgehead atoms. The van der Waals surface area contributed by atoms with Gasteiger partial charge in [-0.05, 0) is 0 Å². The quantitative estimate of drug-likeness (QED) is 0.479. The summed E-state index contributed by atoms with van der Waals surface area (Å²) in [7, 11) is 0. The number of carboxylic acid groups (broad SMARTS) is 1. The van der Waals surface area contributed by atoms with E-state index in [1.165, 1.54) is 0 Å². The number of halogens is 2. The highest BCUT2D eigenvalue weighted by atomic mass is 35.5. The zero-order valence-electron chi connectivity index (χ0n) is 6.21. The molecule has 70 valence electrons. The Morgan fingerprint density at radius 3 is 2.62 bits per heavy atom. The summed E-state index contributed by atoms with van der Waals surface area (Å²) in [6.07, 6.45) is 0. The van der Waals surface area contributed by atoms with Crippen LogP contribution in [0.1, 0.15) is 10.4 Å². The molecule has 0 amide bonds. The van der Waals surface area contributed by atoms with Crippen molar-refractivity contribution in [2.24, 2.45) is 0 Å². The number of hydrogen-bond donors (Lipinski definition) is 3. The number of carbonyl (C=O) groups is 1. The van der Waals surface area contributed by atoms with E-state index in [0.717, 1.165) is 6.07 Å². The SMILES string of the molecule is Nc1cc(F)c(O)c(C(=O)O)c1Cl. The van der Waals surface area contributed by atoms with E-state index in [0.29, 0.717) is 0 Å². The molecule has 0 spiro atoms. The van der Waals surface area contributed by atoms with Crippen molar-refractivity contribution >= 4 is 23.3 Å². The van der Waals surface area contributed by atoms with Crippen LogP contribution in [0.5, 0.6) is 5.75 Å². The molecule has 0 atom stereocenters. The van der Waals surface area contributed by atoms with Crippen molar-refractivity contribution in [2.45, 2.75) is 0 Å². The maximum atomic E-state index is 12.7. The van der Waals surface area contributed by atoms with Crippen molar-refractivity contribution in [3.63, 3.8) is 0 Å². The van der Waals surface area contributed by atoms with Crippen LogP contribution in [0.4, 0.5) is 10.1 Å². The number of benzene rings is 1. The molecule has 4 N–H and O–H groups in total. The van der Waals surface area contributed by atoms with Gasteiger partial charge in [-0.3, -0.25) is 0 Å². The lowest BCUT2D eigenvalue weighted by molar-refractivity contribution is 0.0693. The first-order valence-electron chi connectivity index (χ1n) is 3.15. The van der Waals surface area contributed by atoms with Gasteiger partial charge in [-0.25, -0.2) is 9.18 Å². The minimum atomic E-state index is -1.53.